The number of aromatic amines is 1. The molecular formula is C15H15FN6. The Morgan fingerprint density at radius 2 is 2.05 bits per heavy atom. The van der Waals surface area contributed by atoms with Crippen molar-refractivity contribution < 1.29 is 4.39 Å². The van der Waals surface area contributed by atoms with Crippen molar-refractivity contribution in [2.24, 2.45) is 0 Å². The highest BCUT2D eigenvalue weighted by Crippen LogP contribution is 2.32. The zero-order valence-corrected chi connectivity index (χ0v) is 11.8. The molecule has 1 saturated heterocycles. The minimum absolute atomic E-state index is 0.207. The Hall–Kier alpha value is -2.70. The zero-order valence-electron chi connectivity index (χ0n) is 11.8. The lowest BCUT2D eigenvalue weighted by Gasteiger charge is -2.18. The Kier molecular flexibility index (Phi) is 2.92. The van der Waals surface area contributed by atoms with Crippen LogP contribution < -0.4 is 10.6 Å². The van der Waals surface area contributed by atoms with Gasteiger partial charge in [0.1, 0.15) is 11.3 Å². The minimum atomic E-state index is -0.207. The highest BCUT2D eigenvalue weighted by molar-refractivity contribution is 5.84. The van der Waals surface area contributed by atoms with Crippen LogP contribution in [0.1, 0.15) is 17.9 Å². The van der Waals surface area contributed by atoms with Crippen molar-refractivity contribution in [2.75, 3.05) is 23.7 Å². The molecule has 0 bridgehead atoms. The van der Waals surface area contributed by atoms with Gasteiger partial charge in [0.05, 0.1) is 6.33 Å². The fraction of sp³-hybridized carbons (Fsp3) is 0.267. The van der Waals surface area contributed by atoms with E-state index in [1.165, 1.54) is 12.1 Å². The van der Waals surface area contributed by atoms with E-state index in [1.807, 2.05) is 12.1 Å². The molecule has 1 fully saturated rings. The van der Waals surface area contributed by atoms with Gasteiger partial charge in [0, 0.05) is 19.0 Å². The molecule has 3 heterocycles. The lowest BCUT2D eigenvalue weighted by molar-refractivity contribution is 0.625. The molecule has 3 aromatic rings. The molecule has 0 saturated carbocycles. The number of aromatic nitrogens is 4. The molecule has 1 aromatic carbocycles. The molecule has 7 heteroatoms. The van der Waals surface area contributed by atoms with E-state index in [1.54, 1.807) is 6.33 Å². The van der Waals surface area contributed by atoms with Crippen LogP contribution in [-0.4, -0.2) is 33.0 Å². The Bertz CT molecular complexity index is 813. The SMILES string of the molecule is Nc1nc(N2CC[C@H](c3ccc(F)cc3)C2)c2[nH]cnc2n1. The zero-order chi connectivity index (χ0) is 15.1. The number of nitrogens with zero attached hydrogens (tertiary/aromatic N) is 4. The number of halogens is 1. The lowest BCUT2D eigenvalue weighted by atomic mass is 9.99. The Balaban J connectivity index is 1.64. The van der Waals surface area contributed by atoms with Crippen LogP contribution in [0.3, 0.4) is 0 Å². The highest BCUT2D eigenvalue weighted by Gasteiger charge is 2.27. The average Bonchev–Trinajstić information content (AvgIpc) is 3.15. The van der Waals surface area contributed by atoms with Crippen molar-refractivity contribution in [3.05, 3.63) is 42.0 Å². The molecule has 3 N–H and O–H groups in total. The third-order valence-corrected chi connectivity index (χ3v) is 4.11. The minimum Gasteiger partial charge on any atom is -0.368 e. The average molecular weight is 298 g/mol. The van der Waals surface area contributed by atoms with Crippen LogP contribution >= 0.6 is 0 Å². The van der Waals surface area contributed by atoms with Gasteiger partial charge in [0.2, 0.25) is 5.95 Å². The van der Waals surface area contributed by atoms with E-state index in [0.717, 1.165) is 36.4 Å². The molecule has 6 nitrogen and oxygen atoms in total. The monoisotopic (exact) mass is 298 g/mol. The summed E-state index contributed by atoms with van der Waals surface area (Å²) in [7, 11) is 0. The summed E-state index contributed by atoms with van der Waals surface area (Å²) in [4.78, 5) is 17.9. The van der Waals surface area contributed by atoms with Gasteiger partial charge in [-0.15, -0.1) is 0 Å². The Labute approximate surface area is 126 Å². The number of hydrogen-bond acceptors (Lipinski definition) is 5. The summed E-state index contributed by atoms with van der Waals surface area (Å²) < 4.78 is 13.0. The van der Waals surface area contributed by atoms with Gasteiger partial charge in [-0.3, -0.25) is 0 Å². The van der Waals surface area contributed by atoms with Gasteiger partial charge in [0.15, 0.2) is 11.5 Å². The second kappa shape index (κ2) is 4.94. The molecule has 0 amide bonds. The highest BCUT2D eigenvalue weighted by atomic mass is 19.1. The molecule has 0 aliphatic carbocycles. The molecule has 0 unspecified atom stereocenters. The molecular weight excluding hydrogens is 283 g/mol. The molecule has 1 atom stereocenters. The maximum absolute atomic E-state index is 13.0. The lowest BCUT2D eigenvalue weighted by Crippen LogP contribution is -2.21. The van der Waals surface area contributed by atoms with Crippen LogP contribution in [0.2, 0.25) is 0 Å². The van der Waals surface area contributed by atoms with Crippen LogP contribution in [0.15, 0.2) is 30.6 Å². The number of anilines is 2. The van der Waals surface area contributed by atoms with Gasteiger partial charge >= 0.3 is 0 Å². The first kappa shape index (κ1) is 13.0. The molecule has 0 spiro atoms. The molecule has 0 radical (unpaired) electrons. The van der Waals surface area contributed by atoms with Crippen molar-refractivity contribution >= 4 is 22.9 Å². The number of nitrogens with one attached hydrogen (secondary N) is 1. The van der Waals surface area contributed by atoms with E-state index in [4.69, 9.17) is 5.73 Å². The van der Waals surface area contributed by atoms with Gasteiger partial charge in [-0.1, -0.05) is 12.1 Å². The standard InChI is InChI=1S/C15H15FN6/c16-11-3-1-9(2-4-11)10-5-6-22(7-10)14-12-13(19-8-18-12)20-15(17)21-14/h1-4,8,10H,5-7H2,(H3,17,18,19,20,21)/t10-/m0/s1. The van der Waals surface area contributed by atoms with Gasteiger partial charge < -0.3 is 15.6 Å². The topological polar surface area (TPSA) is 83.7 Å². The number of H-pyrrole nitrogens is 1. The predicted octanol–water partition coefficient (Wildman–Crippen LogP) is 2.07. The van der Waals surface area contributed by atoms with Gasteiger partial charge in [-0.05, 0) is 24.1 Å². The molecule has 2 aromatic heterocycles. The number of fused-ring (bicyclic) bond motifs is 1. The first-order chi connectivity index (χ1) is 10.7. The first-order valence-corrected chi connectivity index (χ1v) is 7.18. The summed E-state index contributed by atoms with van der Waals surface area (Å²) in [5.41, 5.74) is 8.29. The fourth-order valence-electron chi connectivity index (χ4n) is 3.02. The molecule has 22 heavy (non-hydrogen) atoms. The van der Waals surface area contributed by atoms with Crippen LogP contribution in [0.5, 0.6) is 0 Å². The van der Waals surface area contributed by atoms with Crippen molar-refractivity contribution in [3.8, 4) is 0 Å². The smallest absolute Gasteiger partial charge is 0.224 e. The van der Waals surface area contributed by atoms with Gasteiger partial charge in [-0.25, -0.2) is 9.37 Å². The molecule has 1 aliphatic rings. The Morgan fingerprint density at radius 1 is 1.23 bits per heavy atom. The number of nitrogen functional groups attached to an aromatic ring is 1. The largest absolute Gasteiger partial charge is 0.368 e. The van der Waals surface area contributed by atoms with E-state index < -0.39 is 0 Å². The van der Waals surface area contributed by atoms with Crippen molar-refractivity contribution in [2.45, 2.75) is 12.3 Å². The third kappa shape index (κ3) is 2.14. The van der Waals surface area contributed by atoms with Crippen LogP contribution in [0.4, 0.5) is 16.2 Å². The van der Waals surface area contributed by atoms with Gasteiger partial charge in [-0.2, -0.15) is 9.97 Å². The quantitative estimate of drug-likeness (QED) is 0.756. The van der Waals surface area contributed by atoms with E-state index >= 15 is 0 Å². The third-order valence-electron chi connectivity index (χ3n) is 4.11. The van der Waals surface area contributed by atoms with Crippen LogP contribution in [0.25, 0.3) is 11.2 Å². The predicted molar refractivity (Wildman–Crippen MR) is 82.1 cm³/mol. The number of rotatable bonds is 2. The molecule has 1 aliphatic heterocycles. The van der Waals surface area contributed by atoms with Crippen molar-refractivity contribution in [1.29, 1.82) is 0 Å². The summed E-state index contributed by atoms with van der Waals surface area (Å²) in [5.74, 6) is 1.15. The normalized spacial score (nSPS) is 18.2. The summed E-state index contributed by atoms with van der Waals surface area (Å²) in [6.07, 6.45) is 2.58. The van der Waals surface area contributed by atoms with Crippen LogP contribution in [0, 0.1) is 5.82 Å². The second-order valence-electron chi connectivity index (χ2n) is 5.49. The van der Waals surface area contributed by atoms with Gasteiger partial charge in [0.25, 0.3) is 0 Å². The molecule has 4 rings (SSSR count). The summed E-state index contributed by atoms with van der Waals surface area (Å²) in [6, 6.07) is 6.72. The number of benzene rings is 1. The van der Waals surface area contributed by atoms with Crippen molar-refractivity contribution in [3.63, 3.8) is 0 Å². The maximum atomic E-state index is 13.0. The summed E-state index contributed by atoms with van der Waals surface area (Å²) in [5, 5.41) is 0. The fourth-order valence-corrected chi connectivity index (χ4v) is 3.02. The van der Waals surface area contributed by atoms with Crippen molar-refractivity contribution in [1.82, 2.24) is 19.9 Å². The summed E-state index contributed by atoms with van der Waals surface area (Å²) in [6.45, 7) is 1.68. The van der Waals surface area contributed by atoms with Crippen LogP contribution in [-0.2, 0) is 0 Å². The Morgan fingerprint density at radius 3 is 2.86 bits per heavy atom. The summed E-state index contributed by atoms with van der Waals surface area (Å²) >= 11 is 0. The van der Waals surface area contributed by atoms with E-state index in [9.17, 15) is 4.39 Å². The van der Waals surface area contributed by atoms with E-state index in [0.29, 0.717) is 11.6 Å². The first-order valence-electron chi connectivity index (χ1n) is 7.18. The molecule has 112 valence electrons. The number of nitrogens with two attached hydrogens (primary N) is 1. The second-order valence-corrected chi connectivity index (χ2v) is 5.49. The maximum Gasteiger partial charge on any atom is 0.224 e. The number of imidazole rings is 1. The van der Waals surface area contributed by atoms with E-state index in [-0.39, 0.29) is 11.8 Å². The number of hydrogen-bond donors (Lipinski definition) is 2. The van der Waals surface area contributed by atoms with E-state index in [2.05, 4.69) is 24.8 Å².